The van der Waals surface area contributed by atoms with Crippen molar-refractivity contribution < 1.29 is 14.3 Å². The summed E-state index contributed by atoms with van der Waals surface area (Å²) in [6.45, 7) is 4.29. The maximum atomic E-state index is 12.2. The molecule has 0 aliphatic rings. The van der Waals surface area contributed by atoms with Gasteiger partial charge in [-0.1, -0.05) is 49.7 Å². The molecular weight excluding hydrogens is 338 g/mol. The fourth-order valence-electron chi connectivity index (χ4n) is 2.30. The van der Waals surface area contributed by atoms with Crippen LogP contribution >= 0.6 is 11.6 Å². The van der Waals surface area contributed by atoms with E-state index < -0.39 is 0 Å². The lowest BCUT2D eigenvalue weighted by Gasteiger charge is -2.12. The molecule has 0 aliphatic carbocycles. The van der Waals surface area contributed by atoms with Crippen LogP contribution in [0, 0.1) is 0 Å². The molecule has 1 N–H and O–H groups in total. The van der Waals surface area contributed by atoms with Crippen molar-refractivity contribution in [2.24, 2.45) is 0 Å². The van der Waals surface area contributed by atoms with Crippen molar-refractivity contribution in [3.05, 3.63) is 58.6 Å². The molecule has 0 bridgehead atoms. The van der Waals surface area contributed by atoms with E-state index in [0.29, 0.717) is 28.1 Å². The fourth-order valence-corrected chi connectivity index (χ4v) is 2.53. The van der Waals surface area contributed by atoms with Gasteiger partial charge in [0.05, 0.1) is 24.9 Å². The molecule has 25 heavy (non-hydrogen) atoms. The zero-order chi connectivity index (χ0) is 18.4. The minimum Gasteiger partial charge on any atom is -0.495 e. The molecule has 0 aliphatic heterocycles. The Balaban J connectivity index is 2.11. The van der Waals surface area contributed by atoms with E-state index in [2.05, 4.69) is 31.3 Å². The topological polar surface area (TPSA) is 47.6 Å². The summed E-state index contributed by atoms with van der Waals surface area (Å²) in [5.41, 5.74) is 2.72. The predicted octanol–water partition coefficient (Wildman–Crippen LogP) is 5.13. The van der Waals surface area contributed by atoms with Crippen molar-refractivity contribution in [2.45, 2.75) is 19.8 Å². The summed E-state index contributed by atoms with van der Waals surface area (Å²) in [5.74, 6) is 1.14. The first-order valence-corrected chi connectivity index (χ1v) is 8.33. The number of methoxy groups -OCH3 is 2. The van der Waals surface area contributed by atoms with Crippen molar-refractivity contribution in [3.8, 4) is 11.5 Å². The summed E-state index contributed by atoms with van der Waals surface area (Å²) in [6.07, 6.45) is 3.24. The average molecular weight is 360 g/mol. The van der Waals surface area contributed by atoms with Crippen LogP contribution in [0.5, 0.6) is 11.5 Å². The number of halogens is 1. The molecule has 0 saturated heterocycles. The van der Waals surface area contributed by atoms with Crippen molar-refractivity contribution >= 4 is 29.3 Å². The van der Waals surface area contributed by atoms with Gasteiger partial charge in [-0.25, -0.2) is 0 Å². The molecule has 0 aromatic heterocycles. The van der Waals surface area contributed by atoms with E-state index in [4.69, 9.17) is 21.1 Å². The zero-order valence-electron chi connectivity index (χ0n) is 14.8. The summed E-state index contributed by atoms with van der Waals surface area (Å²) < 4.78 is 10.4. The third-order valence-corrected chi connectivity index (χ3v) is 4.06. The second-order valence-corrected chi connectivity index (χ2v) is 6.24. The lowest BCUT2D eigenvalue weighted by atomic mass is 10.0. The summed E-state index contributed by atoms with van der Waals surface area (Å²) in [5, 5.41) is 3.19. The Labute approximate surface area is 153 Å². The molecule has 0 heterocycles. The van der Waals surface area contributed by atoms with Gasteiger partial charge < -0.3 is 14.8 Å². The molecule has 2 rings (SSSR count). The highest BCUT2D eigenvalue weighted by Crippen LogP contribution is 2.35. The van der Waals surface area contributed by atoms with E-state index in [1.54, 1.807) is 18.2 Å². The first-order chi connectivity index (χ1) is 11.9. The number of hydrogen-bond acceptors (Lipinski definition) is 3. The third kappa shape index (κ3) is 5.00. The van der Waals surface area contributed by atoms with Crippen LogP contribution in [0.2, 0.25) is 5.02 Å². The summed E-state index contributed by atoms with van der Waals surface area (Å²) >= 11 is 6.06. The molecule has 2 aromatic carbocycles. The SMILES string of the molecule is COc1cc(NC(=O)C=Cc2ccc(C(C)C)cc2)c(OC)cc1Cl. The number of benzene rings is 2. The van der Waals surface area contributed by atoms with Gasteiger partial charge in [-0.3, -0.25) is 4.79 Å². The summed E-state index contributed by atoms with van der Waals surface area (Å²) in [4.78, 5) is 12.2. The molecule has 0 fully saturated rings. The Kier molecular flexibility index (Phi) is 6.48. The van der Waals surface area contributed by atoms with E-state index >= 15 is 0 Å². The van der Waals surface area contributed by atoms with Crippen LogP contribution in [0.1, 0.15) is 30.9 Å². The van der Waals surface area contributed by atoms with Crippen molar-refractivity contribution in [3.63, 3.8) is 0 Å². The van der Waals surface area contributed by atoms with Gasteiger partial charge in [0.1, 0.15) is 11.5 Å². The van der Waals surface area contributed by atoms with Gasteiger partial charge in [0, 0.05) is 18.2 Å². The molecule has 5 heteroatoms. The Morgan fingerprint density at radius 3 is 2.28 bits per heavy atom. The van der Waals surface area contributed by atoms with Crippen LogP contribution in [-0.2, 0) is 4.79 Å². The van der Waals surface area contributed by atoms with Crippen molar-refractivity contribution in [1.82, 2.24) is 0 Å². The van der Waals surface area contributed by atoms with Crippen LogP contribution in [0.25, 0.3) is 6.08 Å². The van der Waals surface area contributed by atoms with Crippen LogP contribution in [0.15, 0.2) is 42.5 Å². The highest BCUT2D eigenvalue weighted by molar-refractivity contribution is 6.32. The molecule has 4 nitrogen and oxygen atoms in total. The predicted molar refractivity (Wildman–Crippen MR) is 103 cm³/mol. The van der Waals surface area contributed by atoms with Gasteiger partial charge in [0.2, 0.25) is 5.91 Å². The first kappa shape index (κ1) is 18.9. The third-order valence-electron chi connectivity index (χ3n) is 3.76. The lowest BCUT2D eigenvalue weighted by molar-refractivity contribution is -0.111. The fraction of sp³-hybridized carbons (Fsp3) is 0.250. The molecule has 0 atom stereocenters. The molecule has 2 aromatic rings. The smallest absolute Gasteiger partial charge is 0.248 e. The molecule has 0 spiro atoms. The van der Waals surface area contributed by atoms with E-state index in [9.17, 15) is 4.79 Å². The van der Waals surface area contributed by atoms with Gasteiger partial charge >= 0.3 is 0 Å². The van der Waals surface area contributed by atoms with Crippen molar-refractivity contribution in [1.29, 1.82) is 0 Å². The lowest BCUT2D eigenvalue weighted by Crippen LogP contribution is -2.09. The number of anilines is 1. The number of nitrogens with one attached hydrogen (secondary N) is 1. The molecule has 132 valence electrons. The van der Waals surface area contributed by atoms with Gasteiger partial charge in [-0.2, -0.15) is 0 Å². The van der Waals surface area contributed by atoms with Crippen LogP contribution in [-0.4, -0.2) is 20.1 Å². The van der Waals surface area contributed by atoms with Crippen LogP contribution in [0.3, 0.4) is 0 Å². The minimum atomic E-state index is -0.268. The number of carbonyl (C=O) groups excluding carboxylic acids is 1. The Morgan fingerprint density at radius 2 is 1.72 bits per heavy atom. The number of rotatable bonds is 6. The zero-order valence-corrected chi connectivity index (χ0v) is 15.6. The van der Waals surface area contributed by atoms with Gasteiger partial charge in [0.15, 0.2) is 0 Å². The molecular formula is C20H22ClNO3. The second kappa shape index (κ2) is 8.58. The number of amides is 1. The molecule has 0 radical (unpaired) electrons. The minimum absolute atomic E-state index is 0.268. The van der Waals surface area contributed by atoms with Gasteiger partial charge in [-0.05, 0) is 23.1 Å². The first-order valence-electron chi connectivity index (χ1n) is 7.95. The molecule has 1 amide bonds. The van der Waals surface area contributed by atoms with Crippen molar-refractivity contribution in [2.75, 3.05) is 19.5 Å². The van der Waals surface area contributed by atoms with Crippen LogP contribution in [0.4, 0.5) is 5.69 Å². The summed E-state index contributed by atoms with van der Waals surface area (Å²) in [6, 6.07) is 11.3. The standard InChI is InChI=1S/C20H22ClNO3/c1-13(2)15-8-5-14(6-9-15)7-10-20(23)22-17-12-18(24-3)16(21)11-19(17)25-4/h5-13H,1-4H3,(H,22,23). The Morgan fingerprint density at radius 1 is 1.08 bits per heavy atom. The van der Waals surface area contributed by atoms with Gasteiger partial charge in [-0.15, -0.1) is 0 Å². The highest BCUT2D eigenvalue weighted by atomic mass is 35.5. The summed E-state index contributed by atoms with van der Waals surface area (Å²) in [7, 11) is 3.03. The van der Waals surface area contributed by atoms with E-state index in [0.717, 1.165) is 5.56 Å². The highest BCUT2D eigenvalue weighted by Gasteiger charge is 2.11. The Hall–Kier alpha value is -2.46. The van der Waals surface area contributed by atoms with Gasteiger partial charge in [0.25, 0.3) is 0 Å². The van der Waals surface area contributed by atoms with Crippen LogP contribution < -0.4 is 14.8 Å². The maximum Gasteiger partial charge on any atom is 0.248 e. The van der Waals surface area contributed by atoms with E-state index in [1.165, 1.54) is 25.9 Å². The molecule has 0 unspecified atom stereocenters. The molecule has 0 saturated carbocycles. The number of ether oxygens (including phenoxy) is 2. The maximum absolute atomic E-state index is 12.2. The van der Waals surface area contributed by atoms with E-state index in [-0.39, 0.29) is 5.91 Å². The second-order valence-electron chi connectivity index (χ2n) is 5.83. The number of carbonyl (C=O) groups is 1. The largest absolute Gasteiger partial charge is 0.495 e. The normalized spacial score (nSPS) is 11.0. The number of hydrogen-bond donors (Lipinski definition) is 1. The average Bonchev–Trinajstić information content (AvgIpc) is 2.61. The van der Waals surface area contributed by atoms with E-state index in [1.807, 2.05) is 12.1 Å². The monoisotopic (exact) mass is 359 g/mol. The quantitative estimate of drug-likeness (QED) is 0.727. The Bertz CT molecular complexity index is 767.